The summed E-state index contributed by atoms with van der Waals surface area (Å²) >= 11 is 1.13. The van der Waals surface area contributed by atoms with Crippen molar-refractivity contribution < 1.29 is 27.9 Å². The number of carbonyl (C=O) groups is 2. The number of thiophene rings is 1. The molecule has 1 aromatic heterocycles. The highest BCUT2D eigenvalue weighted by Crippen LogP contribution is 2.35. The number of nitrogens with one attached hydrogen (secondary N) is 2. The van der Waals surface area contributed by atoms with Crippen molar-refractivity contribution >= 4 is 44.7 Å². The smallest absolute Gasteiger partial charge is 0.323 e. The molecule has 0 unspecified atom stereocenters. The number of nitrogens with zero attached hydrogens (tertiary/aromatic N) is 2. The predicted octanol–water partition coefficient (Wildman–Crippen LogP) is 3.93. The molecule has 3 atom stereocenters. The van der Waals surface area contributed by atoms with Gasteiger partial charge in [-0.25, -0.2) is 13.2 Å². The lowest BCUT2D eigenvalue weighted by molar-refractivity contribution is 0.0389. The van der Waals surface area contributed by atoms with Crippen molar-refractivity contribution in [2.45, 2.75) is 30.2 Å². The lowest BCUT2D eigenvalue weighted by Gasteiger charge is -2.38. The molecule has 208 valence electrons. The van der Waals surface area contributed by atoms with Crippen LogP contribution < -0.4 is 15.4 Å². The number of sulfonamides is 1. The summed E-state index contributed by atoms with van der Waals surface area (Å²) in [7, 11) is -2.27. The second-order valence-corrected chi connectivity index (χ2v) is 12.7. The summed E-state index contributed by atoms with van der Waals surface area (Å²) < 4.78 is 34.1. The van der Waals surface area contributed by atoms with Crippen molar-refractivity contribution in [2.24, 2.45) is 5.92 Å². The summed E-state index contributed by atoms with van der Waals surface area (Å²) in [4.78, 5) is 28.0. The standard InChI is InChI=1S/C27H32N4O6S2/c1-18-15-31(19(2)17-32)26(33)21-11-7-12-22(29-27(34)28-20-9-5-4-6-10-20)25(21)37-23(18)16-30(3)39(35,36)24-13-8-14-38-24/h4-14,18-19,23,32H,15-17H2,1-3H3,(H2,28,29,34)/t18-,19-,23-/m0/s1. The first-order valence-corrected chi connectivity index (χ1v) is 14.8. The third kappa shape index (κ3) is 6.41. The highest BCUT2D eigenvalue weighted by atomic mass is 32.2. The van der Waals surface area contributed by atoms with E-state index < -0.39 is 28.2 Å². The molecule has 3 amide bonds. The lowest BCUT2D eigenvalue weighted by Crippen LogP contribution is -2.50. The number of amides is 3. The molecule has 0 saturated carbocycles. The Morgan fingerprint density at radius 3 is 2.56 bits per heavy atom. The van der Waals surface area contributed by atoms with Crippen LogP contribution in [0.2, 0.25) is 0 Å². The van der Waals surface area contributed by atoms with Gasteiger partial charge in [-0.3, -0.25) is 4.79 Å². The number of aliphatic hydroxyl groups excluding tert-OH is 1. The maximum Gasteiger partial charge on any atom is 0.323 e. The van der Waals surface area contributed by atoms with E-state index in [1.54, 1.807) is 71.8 Å². The number of hydrogen-bond acceptors (Lipinski definition) is 7. The average Bonchev–Trinajstić information content (AvgIpc) is 3.47. The number of aliphatic hydroxyl groups is 1. The van der Waals surface area contributed by atoms with Gasteiger partial charge in [0.2, 0.25) is 0 Å². The van der Waals surface area contributed by atoms with Gasteiger partial charge in [0.25, 0.3) is 15.9 Å². The van der Waals surface area contributed by atoms with E-state index in [0.717, 1.165) is 11.3 Å². The molecule has 0 saturated heterocycles. The highest BCUT2D eigenvalue weighted by Gasteiger charge is 2.36. The van der Waals surface area contributed by atoms with E-state index >= 15 is 0 Å². The normalized spacial score (nSPS) is 18.5. The summed E-state index contributed by atoms with van der Waals surface area (Å²) in [6.45, 7) is 3.60. The van der Waals surface area contributed by atoms with E-state index in [2.05, 4.69) is 10.6 Å². The number of anilines is 2. The fourth-order valence-corrected chi connectivity index (χ4v) is 6.67. The zero-order valence-electron chi connectivity index (χ0n) is 21.9. The van der Waals surface area contributed by atoms with Crippen LogP contribution in [0.3, 0.4) is 0 Å². The van der Waals surface area contributed by atoms with Crippen molar-refractivity contribution in [2.75, 3.05) is 37.4 Å². The number of para-hydroxylation sites is 2. The van der Waals surface area contributed by atoms with Crippen LogP contribution in [0, 0.1) is 5.92 Å². The third-order valence-corrected chi connectivity index (χ3v) is 9.76. The van der Waals surface area contributed by atoms with E-state index in [4.69, 9.17) is 4.74 Å². The summed E-state index contributed by atoms with van der Waals surface area (Å²) in [5, 5.41) is 17.1. The van der Waals surface area contributed by atoms with E-state index in [1.807, 2.05) is 13.0 Å². The second kappa shape index (κ2) is 12.2. The second-order valence-electron chi connectivity index (χ2n) is 9.47. The van der Waals surface area contributed by atoms with Crippen LogP contribution in [0.15, 0.2) is 70.3 Å². The van der Waals surface area contributed by atoms with Crippen molar-refractivity contribution in [1.29, 1.82) is 0 Å². The number of likely N-dealkylation sites (N-methyl/N-ethyl adjacent to an activating group) is 1. The summed E-state index contributed by atoms with van der Waals surface area (Å²) in [6, 6.07) is 15.9. The molecule has 0 radical (unpaired) electrons. The SMILES string of the molecule is C[C@H]1CN([C@@H](C)CO)C(=O)c2cccc(NC(=O)Nc3ccccc3)c2O[C@H]1CN(C)S(=O)(=O)c1cccs1. The fourth-order valence-electron chi connectivity index (χ4n) is 4.28. The first kappa shape index (κ1) is 28.6. The molecule has 1 aliphatic rings. The van der Waals surface area contributed by atoms with Crippen LogP contribution in [0.5, 0.6) is 5.75 Å². The molecule has 39 heavy (non-hydrogen) atoms. The zero-order chi connectivity index (χ0) is 28.2. The number of rotatable bonds is 8. The Balaban J connectivity index is 1.69. The minimum Gasteiger partial charge on any atom is -0.486 e. The predicted molar refractivity (Wildman–Crippen MR) is 151 cm³/mol. The third-order valence-electron chi connectivity index (χ3n) is 6.57. The molecular formula is C27H32N4O6S2. The van der Waals surface area contributed by atoms with E-state index in [1.165, 1.54) is 11.4 Å². The van der Waals surface area contributed by atoms with E-state index in [0.29, 0.717) is 5.69 Å². The molecule has 2 heterocycles. The van der Waals surface area contributed by atoms with Crippen LogP contribution in [-0.2, 0) is 10.0 Å². The number of ether oxygens (including phenoxy) is 1. The Morgan fingerprint density at radius 2 is 1.90 bits per heavy atom. The average molecular weight is 573 g/mol. The van der Waals surface area contributed by atoms with Gasteiger partial charge in [-0.05, 0) is 42.6 Å². The zero-order valence-corrected chi connectivity index (χ0v) is 23.5. The molecule has 3 N–H and O–H groups in total. The van der Waals surface area contributed by atoms with Gasteiger partial charge in [-0.1, -0.05) is 37.3 Å². The fraction of sp³-hybridized carbons (Fsp3) is 0.333. The van der Waals surface area contributed by atoms with Crippen molar-refractivity contribution in [3.8, 4) is 5.75 Å². The molecule has 0 fully saturated rings. The maximum atomic E-state index is 13.6. The molecular weight excluding hydrogens is 540 g/mol. The first-order chi connectivity index (χ1) is 18.6. The molecule has 3 aromatic rings. The number of fused-ring (bicyclic) bond motifs is 1. The van der Waals surface area contributed by atoms with Crippen molar-refractivity contribution in [1.82, 2.24) is 9.21 Å². The quantitative estimate of drug-likeness (QED) is 0.375. The van der Waals surface area contributed by atoms with Crippen LogP contribution in [-0.4, -0.2) is 73.6 Å². The molecule has 4 rings (SSSR count). The molecule has 12 heteroatoms. The maximum absolute atomic E-state index is 13.6. The highest BCUT2D eigenvalue weighted by molar-refractivity contribution is 7.91. The lowest BCUT2D eigenvalue weighted by atomic mass is 9.99. The molecule has 0 bridgehead atoms. The van der Waals surface area contributed by atoms with Gasteiger partial charge in [0, 0.05) is 25.2 Å². The summed E-state index contributed by atoms with van der Waals surface area (Å²) in [6.07, 6.45) is -0.676. The van der Waals surface area contributed by atoms with Crippen LogP contribution in [0.25, 0.3) is 0 Å². The molecule has 0 spiro atoms. The molecule has 10 nitrogen and oxygen atoms in total. The first-order valence-electron chi connectivity index (χ1n) is 12.5. The van der Waals surface area contributed by atoms with Crippen molar-refractivity contribution in [3.05, 3.63) is 71.6 Å². The van der Waals surface area contributed by atoms with Gasteiger partial charge in [0.1, 0.15) is 10.3 Å². The van der Waals surface area contributed by atoms with Gasteiger partial charge in [0.15, 0.2) is 5.75 Å². The Labute approximate surface area is 232 Å². The minimum absolute atomic E-state index is 0.000915. The largest absolute Gasteiger partial charge is 0.486 e. The van der Waals surface area contributed by atoms with E-state index in [-0.39, 0.29) is 52.7 Å². The Kier molecular flexibility index (Phi) is 8.90. The Bertz CT molecular complexity index is 1400. The monoisotopic (exact) mass is 572 g/mol. The molecule has 1 aliphatic heterocycles. The van der Waals surface area contributed by atoms with E-state index in [9.17, 15) is 23.1 Å². The number of urea groups is 1. The topological polar surface area (TPSA) is 128 Å². The van der Waals surface area contributed by atoms with Crippen LogP contribution in [0.1, 0.15) is 24.2 Å². The van der Waals surface area contributed by atoms with Gasteiger partial charge >= 0.3 is 6.03 Å². The Morgan fingerprint density at radius 1 is 1.15 bits per heavy atom. The summed E-state index contributed by atoms with van der Waals surface area (Å²) in [5.74, 6) is -0.536. The number of hydrogen-bond donors (Lipinski definition) is 3. The van der Waals surface area contributed by atoms with Gasteiger partial charge in [-0.2, -0.15) is 4.31 Å². The number of benzene rings is 2. The summed E-state index contributed by atoms with van der Waals surface area (Å²) in [5.41, 5.74) is 1.04. The minimum atomic E-state index is -3.75. The Hall–Kier alpha value is -3.45. The van der Waals surface area contributed by atoms with Crippen LogP contribution >= 0.6 is 11.3 Å². The van der Waals surface area contributed by atoms with Crippen LogP contribution in [0.4, 0.5) is 16.2 Å². The molecule has 2 aromatic carbocycles. The van der Waals surface area contributed by atoms with Gasteiger partial charge in [0.05, 0.1) is 30.4 Å². The van der Waals surface area contributed by atoms with Gasteiger partial charge in [-0.15, -0.1) is 11.3 Å². The molecule has 0 aliphatic carbocycles. The number of carbonyl (C=O) groups excluding carboxylic acids is 2. The van der Waals surface area contributed by atoms with Gasteiger partial charge < -0.3 is 25.4 Å². The van der Waals surface area contributed by atoms with Crippen molar-refractivity contribution in [3.63, 3.8) is 0 Å².